The van der Waals surface area contributed by atoms with E-state index >= 15 is 0 Å². The molecule has 0 spiro atoms. The fraction of sp³-hybridized carbons (Fsp3) is 0.857. The second kappa shape index (κ2) is 35.6. The first-order chi connectivity index (χ1) is 21.8. The Morgan fingerprint density at radius 3 is 1.04 bits per heavy atom. The van der Waals surface area contributed by atoms with Crippen LogP contribution in [0.15, 0.2) is 24.3 Å². The molecule has 0 saturated heterocycles. The molecule has 0 heterocycles. The molecule has 0 rings (SSSR count). The Kier molecular flexibility index (Phi) is 36.6. The zero-order valence-electron chi connectivity index (χ0n) is 31.7. The van der Waals surface area contributed by atoms with E-state index in [0.29, 0.717) is 19.3 Å². The molecule has 0 aromatic rings. The van der Waals surface area contributed by atoms with Gasteiger partial charge < -0.3 is 21.5 Å². The van der Waals surface area contributed by atoms with Crippen molar-refractivity contribution in [3.63, 3.8) is 0 Å². The molecular formula is C42H80BrNO2. The lowest BCUT2D eigenvalue weighted by Gasteiger charge is -2.26. The van der Waals surface area contributed by atoms with Crippen LogP contribution in [0.4, 0.5) is 0 Å². The van der Waals surface area contributed by atoms with Gasteiger partial charge in [0.25, 0.3) is 0 Å². The van der Waals surface area contributed by atoms with Crippen LogP contribution in [0.5, 0.6) is 0 Å². The molecule has 0 aliphatic heterocycles. The predicted octanol–water partition coefficient (Wildman–Crippen LogP) is 9.92. The molecule has 46 heavy (non-hydrogen) atoms. The van der Waals surface area contributed by atoms with Crippen molar-refractivity contribution < 1.29 is 31.1 Å². The molecule has 272 valence electrons. The monoisotopic (exact) mass is 710 g/mol. The lowest BCUT2D eigenvalue weighted by atomic mass is 9.88. The summed E-state index contributed by atoms with van der Waals surface area (Å²) < 4.78 is 0.803. The van der Waals surface area contributed by atoms with Crippen LogP contribution in [0.2, 0.25) is 0 Å². The number of unbranched alkanes of at least 4 members (excludes halogenated alkanes) is 22. The minimum atomic E-state index is -0.379. The van der Waals surface area contributed by atoms with Gasteiger partial charge in [-0.2, -0.15) is 0 Å². The van der Waals surface area contributed by atoms with E-state index in [0.717, 1.165) is 36.7 Å². The van der Waals surface area contributed by atoms with Crippen LogP contribution < -0.4 is 17.0 Å². The first kappa shape index (κ1) is 47.4. The van der Waals surface area contributed by atoms with E-state index < -0.39 is 0 Å². The lowest BCUT2D eigenvalue weighted by molar-refractivity contribution is -0.870. The Balaban J connectivity index is 0. The molecule has 0 N–H and O–H groups in total. The van der Waals surface area contributed by atoms with Crippen molar-refractivity contribution in [2.45, 2.75) is 200 Å². The highest BCUT2D eigenvalue weighted by Crippen LogP contribution is 2.19. The maximum absolute atomic E-state index is 13.2. The maximum Gasteiger partial charge on any atom is 0.143 e. The van der Waals surface area contributed by atoms with Gasteiger partial charge in [-0.25, -0.2) is 0 Å². The van der Waals surface area contributed by atoms with Crippen LogP contribution in [-0.4, -0.2) is 43.7 Å². The lowest BCUT2D eigenvalue weighted by Crippen LogP contribution is -3.00. The van der Waals surface area contributed by atoms with E-state index in [4.69, 9.17) is 0 Å². The van der Waals surface area contributed by atoms with Crippen LogP contribution in [0, 0.1) is 5.92 Å². The standard InChI is InChI=1S/C42H80NO2.BrH/c1-6-8-10-12-14-16-18-20-22-24-26-28-30-32-34-36-41(44)40(38-39-43(3,4)5)42(45)37-35-33-31-29-27-25-23-21-19-17-15-13-11-9-7-2;/h20-23,40H,6-19,24-39H2,1-5H3;1H/q+1;/p-1/b22-20-,23-21-;. The summed E-state index contributed by atoms with van der Waals surface area (Å²) in [5, 5.41) is 0. The third-order valence-electron chi connectivity index (χ3n) is 9.24. The molecule has 0 amide bonds. The first-order valence-corrected chi connectivity index (χ1v) is 20.0. The number of allylic oxidation sites excluding steroid dienone is 4. The fourth-order valence-corrected chi connectivity index (χ4v) is 6.11. The maximum atomic E-state index is 13.2. The molecule has 3 nitrogen and oxygen atoms in total. The van der Waals surface area contributed by atoms with E-state index in [9.17, 15) is 9.59 Å². The summed E-state index contributed by atoms with van der Waals surface area (Å²) in [4.78, 5) is 26.3. The van der Waals surface area contributed by atoms with E-state index in [1.807, 2.05) is 0 Å². The third-order valence-corrected chi connectivity index (χ3v) is 9.24. The van der Waals surface area contributed by atoms with Gasteiger partial charge in [-0.15, -0.1) is 0 Å². The normalized spacial score (nSPS) is 12.0. The number of hydrogen-bond donors (Lipinski definition) is 0. The number of carbonyl (C=O) groups excluding carboxylic acids is 2. The second-order valence-corrected chi connectivity index (χ2v) is 15.0. The molecule has 0 saturated carbocycles. The van der Waals surface area contributed by atoms with E-state index in [1.54, 1.807) is 0 Å². The number of nitrogens with zero attached hydrogens (tertiary/aromatic N) is 1. The second-order valence-electron chi connectivity index (χ2n) is 15.0. The number of carbonyl (C=O) groups is 2. The molecule has 0 radical (unpaired) electrons. The Morgan fingerprint density at radius 2 is 0.739 bits per heavy atom. The van der Waals surface area contributed by atoms with Crippen molar-refractivity contribution in [2.75, 3.05) is 27.7 Å². The Morgan fingerprint density at radius 1 is 0.457 bits per heavy atom. The smallest absolute Gasteiger partial charge is 0.143 e. The van der Waals surface area contributed by atoms with Gasteiger partial charge >= 0.3 is 0 Å². The number of ketones is 2. The van der Waals surface area contributed by atoms with E-state index in [-0.39, 0.29) is 34.5 Å². The average molecular weight is 711 g/mol. The molecule has 0 aliphatic rings. The quantitative estimate of drug-likeness (QED) is 0.0284. The van der Waals surface area contributed by atoms with Gasteiger partial charge in [0.1, 0.15) is 11.6 Å². The van der Waals surface area contributed by atoms with Crippen LogP contribution in [0.25, 0.3) is 0 Å². The predicted molar refractivity (Wildman–Crippen MR) is 200 cm³/mol. The van der Waals surface area contributed by atoms with Crippen molar-refractivity contribution in [2.24, 2.45) is 5.92 Å². The van der Waals surface area contributed by atoms with Crippen LogP contribution in [-0.2, 0) is 9.59 Å². The average Bonchev–Trinajstić information content (AvgIpc) is 3.00. The Bertz CT molecular complexity index is 672. The van der Waals surface area contributed by atoms with Crippen LogP contribution in [0.3, 0.4) is 0 Å². The van der Waals surface area contributed by atoms with Crippen molar-refractivity contribution in [3.8, 4) is 0 Å². The molecule has 4 heteroatoms. The van der Waals surface area contributed by atoms with Gasteiger partial charge in [0.2, 0.25) is 0 Å². The molecule has 0 aliphatic carbocycles. The topological polar surface area (TPSA) is 34.1 Å². The van der Waals surface area contributed by atoms with Gasteiger partial charge in [0.05, 0.1) is 33.6 Å². The molecule has 0 aromatic carbocycles. The number of quaternary nitrogens is 1. The summed E-state index contributed by atoms with van der Waals surface area (Å²) in [5.41, 5.74) is 0. The number of hydrogen-bond acceptors (Lipinski definition) is 2. The summed E-state index contributed by atoms with van der Waals surface area (Å²) in [6.45, 7) is 5.42. The van der Waals surface area contributed by atoms with Crippen molar-refractivity contribution in [1.29, 1.82) is 0 Å². The van der Waals surface area contributed by atoms with Gasteiger partial charge in [0, 0.05) is 19.3 Å². The van der Waals surface area contributed by atoms with Gasteiger partial charge in [-0.1, -0.05) is 141 Å². The highest BCUT2D eigenvalue weighted by atomic mass is 79.9. The molecule has 0 bridgehead atoms. The van der Waals surface area contributed by atoms with Crippen molar-refractivity contribution >= 4 is 11.6 Å². The van der Waals surface area contributed by atoms with E-state index in [2.05, 4.69) is 59.3 Å². The summed E-state index contributed by atoms with van der Waals surface area (Å²) >= 11 is 0. The summed E-state index contributed by atoms with van der Waals surface area (Å²) in [6.07, 6.45) is 44.1. The first-order valence-electron chi connectivity index (χ1n) is 20.0. The van der Waals surface area contributed by atoms with E-state index in [1.165, 1.54) is 141 Å². The molecular weight excluding hydrogens is 630 g/mol. The fourth-order valence-electron chi connectivity index (χ4n) is 6.11. The molecule has 0 unspecified atom stereocenters. The summed E-state index contributed by atoms with van der Waals surface area (Å²) in [5.74, 6) is 0.0357. The summed E-state index contributed by atoms with van der Waals surface area (Å²) in [6, 6.07) is 0. The molecule has 0 atom stereocenters. The minimum absolute atomic E-state index is 0. The zero-order valence-corrected chi connectivity index (χ0v) is 33.3. The minimum Gasteiger partial charge on any atom is -1.00 e. The zero-order chi connectivity index (χ0) is 33.3. The Labute approximate surface area is 299 Å². The van der Waals surface area contributed by atoms with Crippen molar-refractivity contribution in [3.05, 3.63) is 24.3 Å². The number of halogens is 1. The largest absolute Gasteiger partial charge is 1.00 e. The number of rotatable bonds is 35. The highest BCUT2D eigenvalue weighted by molar-refractivity contribution is 6.02. The van der Waals surface area contributed by atoms with Gasteiger partial charge in [-0.05, 0) is 64.2 Å². The van der Waals surface area contributed by atoms with Crippen LogP contribution >= 0.6 is 0 Å². The third kappa shape index (κ3) is 34.6. The highest BCUT2D eigenvalue weighted by Gasteiger charge is 2.27. The van der Waals surface area contributed by atoms with Gasteiger partial charge in [0.15, 0.2) is 0 Å². The summed E-state index contributed by atoms with van der Waals surface area (Å²) in [7, 11) is 6.46. The Hall–Kier alpha value is -0.740. The molecule has 0 fully saturated rings. The van der Waals surface area contributed by atoms with Crippen LogP contribution in [0.1, 0.15) is 200 Å². The SMILES string of the molecule is CCCCCCCC/C=C\CCCCCCCC(=O)C(CC[N+](C)(C)C)C(=O)CCCCCCC/C=C\CCCCCCCC.[Br-]. The van der Waals surface area contributed by atoms with Gasteiger partial charge in [-0.3, -0.25) is 9.59 Å². The molecule has 0 aromatic heterocycles. The number of Topliss-reactive ketones (excluding diaryl/α,β-unsaturated/α-hetero) is 2. The van der Waals surface area contributed by atoms with Crippen molar-refractivity contribution in [1.82, 2.24) is 0 Å².